The molecule has 2 aliphatic rings. The fourth-order valence-electron chi connectivity index (χ4n) is 5.75. The third kappa shape index (κ3) is 5.18. The third-order valence-electron chi connectivity index (χ3n) is 7.85. The second-order valence-electron chi connectivity index (χ2n) is 10.3. The summed E-state index contributed by atoms with van der Waals surface area (Å²) in [7, 11) is -4.07. The Balaban J connectivity index is 1.79. The molecule has 8 heteroatoms. The number of ether oxygens (including phenoxy) is 1. The number of benzene rings is 2. The molecule has 37 heavy (non-hydrogen) atoms. The van der Waals surface area contributed by atoms with Crippen LogP contribution in [0.15, 0.2) is 35.2 Å². The van der Waals surface area contributed by atoms with Gasteiger partial charge in [0.15, 0.2) is 0 Å². The predicted molar refractivity (Wildman–Crippen MR) is 144 cm³/mol. The van der Waals surface area contributed by atoms with Crippen LogP contribution in [-0.4, -0.2) is 43.2 Å². The molecular formula is C29H38N2O5S. The minimum atomic E-state index is -4.07. The molecule has 0 N–H and O–H groups in total. The van der Waals surface area contributed by atoms with Crippen LogP contribution < -0.4 is 9.64 Å². The molecule has 2 aromatic rings. The monoisotopic (exact) mass is 526 g/mol. The third-order valence-corrected chi connectivity index (χ3v) is 10.1. The van der Waals surface area contributed by atoms with Gasteiger partial charge in [0.2, 0.25) is 15.9 Å². The minimum absolute atomic E-state index is 0.162. The molecule has 1 aliphatic heterocycles. The minimum Gasteiger partial charge on any atom is -0.494 e. The Morgan fingerprint density at radius 1 is 0.919 bits per heavy atom. The Bertz CT molecular complexity index is 1250. The smallest absolute Gasteiger partial charge is 0.252 e. The first-order chi connectivity index (χ1) is 17.6. The van der Waals surface area contributed by atoms with Gasteiger partial charge < -0.3 is 4.74 Å². The molecule has 1 atom stereocenters. The van der Waals surface area contributed by atoms with Crippen LogP contribution in [0.5, 0.6) is 5.75 Å². The summed E-state index contributed by atoms with van der Waals surface area (Å²) in [6.07, 6.45) is 5.10. The van der Waals surface area contributed by atoms with Crippen molar-refractivity contribution >= 4 is 27.5 Å². The van der Waals surface area contributed by atoms with Crippen molar-refractivity contribution in [2.45, 2.75) is 96.5 Å². The van der Waals surface area contributed by atoms with Crippen molar-refractivity contribution in [1.29, 1.82) is 0 Å². The Hall–Kier alpha value is -2.71. The average molecular weight is 527 g/mol. The molecule has 1 saturated heterocycles. The first kappa shape index (κ1) is 27.3. The van der Waals surface area contributed by atoms with Crippen molar-refractivity contribution in [2.75, 3.05) is 11.5 Å². The molecule has 7 nitrogen and oxygen atoms in total. The molecule has 1 aliphatic carbocycles. The molecule has 0 aromatic heterocycles. The molecular weight excluding hydrogens is 488 g/mol. The maximum atomic E-state index is 14.5. The van der Waals surface area contributed by atoms with Crippen LogP contribution in [0, 0.1) is 27.7 Å². The molecule has 0 spiro atoms. The lowest BCUT2D eigenvalue weighted by Crippen LogP contribution is -2.51. The maximum absolute atomic E-state index is 14.5. The number of carbonyl (C=O) groups is 2. The number of carbonyl (C=O) groups excluding carboxylic acids is 2. The summed E-state index contributed by atoms with van der Waals surface area (Å²) in [6, 6.07) is 7.39. The number of nitrogens with zero attached hydrogens (tertiary/aromatic N) is 2. The van der Waals surface area contributed by atoms with E-state index >= 15 is 0 Å². The molecule has 0 bridgehead atoms. The standard InChI is InChI=1S/C29H38N2O5S/c1-6-36-25-15-13-23(14-16-25)30-27(32)18-26(29(30)33)31(24-11-9-7-8-10-12-24)37(34,35)28-21(4)19(2)17-20(3)22(28)5/h13-17,24,26H,6-12,18H2,1-5H3. The number of sulfonamides is 1. The zero-order chi connectivity index (χ0) is 26.9. The zero-order valence-corrected chi connectivity index (χ0v) is 23.4. The fraction of sp³-hybridized carbons (Fsp3) is 0.517. The molecule has 2 fully saturated rings. The molecule has 4 rings (SSSR count). The van der Waals surface area contributed by atoms with Crippen LogP contribution in [-0.2, 0) is 19.6 Å². The highest BCUT2D eigenvalue weighted by Crippen LogP contribution is 2.37. The van der Waals surface area contributed by atoms with E-state index in [2.05, 4.69) is 0 Å². The van der Waals surface area contributed by atoms with E-state index in [1.807, 2.05) is 40.7 Å². The van der Waals surface area contributed by atoms with Gasteiger partial charge in [0.1, 0.15) is 11.8 Å². The largest absolute Gasteiger partial charge is 0.494 e. The van der Waals surface area contributed by atoms with Crippen LogP contribution in [0.1, 0.15) is 74.1 Å². The highest BCUT2D eigenvalue weighted by Gasteiger charge is 2.50. The molecule has 2 aromatic carbocycles. The lowest BCUT2D eigenvalue weighted by atomic mass is 10.0. The van der Waals surface area contributed by atoms with Gasteiger partial charge in [-0.25, -0.2) is 13.3 Å². The predicted octanol–water partition coefficient (Wildman–Crippen LogP) is 5.36. The van der Waals surface area contributed by atoms with Crippen LogP contribution in [0.25, 0.3) is 0 Å². The van der Waals surface area contributed by atoms with E-state index in [9.17, 15) is 18.0 Å². The van der Waals surface area contributed by atoms with Crippen molar-refractivity contribution in [1.82, 2.24) is 4.31 Å². The summed E-state index contributed by atoms with van der Waals surface area (Å²) in [5.41, 5.74) is 3.61. The summed E-state index contributed by atoms with van der Waals surface area (Å²) in [6.45, 7) is 9.87. The molecule has 0 radical (unpaired) electrons. The number of hydrogen-bond donors (Lipinski definition) is 0. The summed E-state index contributed by atoms with van der Waals surface area (Å²) >= 11 is 0. The summed E-state index contributed by atoms with van der Waals surface area (Å²) in [5.74, 6) is -0.228. The highest BCUT2D eigenvalue weighted by molar-refractivity contribution is 7.89. The highest BCUT2D eigenvalue weighted by atomic mass is 32.2. The van der Waals surface area contributed by atoms with E-state index < -0.39 is 22.0 Å². The van der Waals surface area contributed by atoms with Gasteiger partial charge in [0.05, 0.1) is 23.6 Å². The number of rotatable bonds is 7. The van der Waals surface area contributed by atoms with E-state index in [-0.39, 0.29) is 23.3 Å². The lowest BCUT2D eigenvalue weighted by molar-refractivity contribution is -0.122. The number of amides is 2. The summed E-state index contributed by atoms with van der Waals surface area (Å²) in [4.78, 5) is 28.5. The SMILES string of the molecule is CCOc1ccc(N2C(=O)CC(N(C3CCCCCC3)S(=O)(=O)c3c(C)c(C)cc(C)c3C)C2=O)cc1. The van der Waals surface area contributed by atoms with Crippen molar-refractivity contribution in [3.05, 3.63) is 52.6 Å². The van der Waals surface area contributed by atoms with Gasteiger partial charge >= 0.3 is 0 Å². The molecule has 1 saturated carbocycles. The van der Waals surface area contributed by atoms with Crippen molar-refractivity contribution in [3.63, 3.8) is 0 Å². The summed E-state index contributed by atoms with van der Waals surface area (Å²) in [5, 5.41) is 0. The fourth-order valence-corrected chi connectivity index (χ4v) is 8.16. The van der Waals surface area contributed by atoms with Crippen LogP contribution in [0.4, 0.5) is 5.69 Å². The van der Waals surface area contributed by atoms with Gasteiger partial charge in [-0.3, -0.25) is 9.59 Å². The Morgan fingerprint density at radius 2 is 1.49 bits per heavy atom. The van der Waals surface area contributed by atoms with Crippen LogP contribution >= 0.6 is 0 Å². The molecule has 1 unspecified atom stereocenters. The van der Waals surface area contributed by atoms with E-state index in [0.29, 0.717) is 42.0 Å². The number of anilines is 1. The first-order valence-electron chi connectivity index (χ1n) is 13.3. The Morgan fingerprint density at radius 3 is 2.03 bits per heavy atom. The lowest BCUT2D eigenvalue weighted by Gasteiger charge is -2.35. The van der Waals surface area contributed by atoms with Gasteiger partial charge in [0.25, 0.3) is 5.91 Å². The topological polar surface area (TPSA) is 84.0 Å². The number of hydrogen-bond acceptors (Lipinski definition) is 5. The van der Waals surface area contributed by atoms with E-state index in [0.717, 1.165) is 41.7 Å². The van der Waals surface area contributed by atoms with E-state index in [1.165, 1.54) is 4.31 Å². The second kappa shape index (κ2) is 11.0. The van der Waals surface area contributed by atoms with Crippen LogP contribution in [0.3, 0.4) is 0 Å². The van der Waals surface area contributed by atoms with E-state index in [4.69, 9.17) is 4.74 Å². The van der Waals surface area contributed by atoms with Gasteiger partial charge in [-0.05, 0) is 94.0 Å². The molecule has 200 valence electrons. The van der Waals surface area contributed by atoms with E-state index in [1.54, 1.807) is 24.3 Å². The van der Waals surface area contributed by atoms with Crippen molar-refractivity contribution < 1.29 is 22.7 Å². The maximum Gasteiger partial charge on any atom is 0.252 e. The van der Waals surface area contributed by atoms with Crippen molar-refractivity contribution in [2.24, 2.45) is 0 Å². The van der Waals surface area contributed by atoms with Crippen LogP contribution in [0.2, 0.25) is 0 Å². The normalized spacial score (nSPS) is 19.5. The summed E-state index contributed by atoms with van der Waals surface area (Å²) < 4.78 is 35.9. The quantitative estimate of drug-likeness (QED) is 0.358. The molecule has 1 heterocycles. The molecule has 2 amide bonds. The number of aryl methyl sites for hydroxylation is 2. The van der Waals surface area contributed by atoms with Crippen molar-refractivity contribution in [3.8, 4) is 5.75 Å². The van der Waals surface area contributed by atoms with Gasteiger partial charge in [-0.1, -0.05) is 31.7 Å². The van der Waals surface area contributed by atoms with Gasteiger partial charge in [-0.2, -0.15) is 4.31 Å². The Labute approximate surface area is 220 Å². The average Bonchev–Trinajstić information content (AvgIpc) is 3.01. The Kier molecular flexibility index (Phi) is 8.09. The first-order valence-corrected chi connectivity index (χ1v) is 14.7. The zero-order valence-electron chi connectivity index (χ0n) is 22.5. The second-order valence-corrected chi connectivity index (χ2v) is 12.1. The number of imide groups is 1. The van der Waals surface area contributed by atoms with Gasteiger partial charge in [-0.15, -0.1) is 0 Å². The van der Waals surface area contributed by atoms with Gasteiger partial charge in [0, 0.05) is 6.04 Å².